The number of piperidine rings is 1. The summed E-state index contributed by atoms with van der Waals surface area (Å²) in [6, 6.07) is 12.7. The van der Waals surface area contributed by atoms with Gasteiger partial charge in [0.1, 0.15) is 21.8 Å². The molecule has 3 heterocycles. The van der Waals surface area contributed by atoms with Crippen LogP contribution in [0.5, 0.6) is 0 Å². The molecule has 0 saturated carbocycles. The fourth-order valence-corrected chi connectivity index (χ4v) is 7.14. The van der Waals surface area contributed by atoms with Gasteiger partial charge < -0.3 is 10.0 Å². The lowest BCUT2D eigenvalue weighted by molar-refractivity contribution is -0.137. The topological polar surface area (TPSA) is 107 Å². The Morgan fingerprint density at radius 1 is 1.12 bits per heavy atom. The van der Waals surface area contributed by atoms with Gasteiger partial charge in [-0.25, -0.2) is 0 Å². The molecule has 0 radical (unpaired) electrons. The molecule has 2 saturated heterocycles. The van der Waals surface area contributed by atoms with Crippen LogP contribution in [0, 0.1) is 24.2 Å². The number of thiocarbonyl (C=S) groups is 1. The zero-order valence-electron chi connectivity index (χ0n) is 25.0. The molecule has 0 atom stereocenters. The maximum absolute atomic E-state index is 13.6. The van der Waals surface area contributed by atoms with Crippen molar-refractivity contribution in [2.45, 2.75) is 78.2 Å². The molecule has 228 valence electrons. The Bertz CT molecular complexity index is 1470. The Hall–Kier alpha value is -3.42. The van der Waals surface area contributed by atoms with Gasteiger partial charge >= 0.3 is 5.97 Å². The minimum absolute atomic E-state index is 0.110. The van der Waals surface area contributed by atoms with E-state index in [1.165, 1.54) is 17.3 Å². The number of carboxylic acid groups (broad SMARTS) is 1. The molecule has 2 fully saturated rings. The number of hydrogen-bond acceptors (Lipinski definition) is 7. The fraction of sp³-hybridized carbons (Fsp3) is 0.485. The van der Waals surface area contributed by atoms with E-state index in [2.05, 4.69) is 42.2 Å². The fourth-order valence-electron chi connectivity index (χ4n) is 5.85. The van der Waals surface area contributed by atoms with Crippen LogP contribution in [0.2, 0.25) is 0 Å². The quantitative estimate of drug-likeness (QED) is 0.162. The molecule has 4 rings (SSSR count). The minimum atomic E-state index is -0.822. The van der Waals surface area contributed by atoms with Crippen LogP contribution in [0.4, 0.5) is 5.82 Å². The number of carbonyl (C=O) groups excluding carboxylic acids is 1. The highest BCUT2D eigenvalue weighted by Crippen LogP contribution is 2.37. The SMILES string of the molecule is CCCCn1c(N2CCC(Cc3ccccc3)CC2)c(/C=C2\SC(=S)N(CCCCCC(=O)O)C2=O)c(C)c(C#N)c1=O. The Labute approximate surface area is 263 Å². The van der Waals surface area contributed by atoms with Gasteiger partial charge in [-0.2, -0.15) is 5.26 Å². The third-order valence-corrected chi connectivity index (χ3v) is 9.66. The van der Waals surface area contributed by atoms with Crippen LogP contribution in [0.25, 0.3) is 6.08 Å². The standard InChI is InChI=1S/C33H40N4O4S2/c1-3-4-16-36-30(35-18-14-25(15-19-35)20-24-11-7-5-8-12-24)26(23(2)27(22-34)31(36)40)21-28-32(41)37(33(42)43-28)17-10-6-9-13-29(38)39/h5,7-8,11-12,21,25H,3-4,6,9-10,13-20H2,1-2H3,(H,38,39)/b28-21-. The Morgan fingerprint density at radius 2 is 1.84 bits per heavy atom. The summed E-state index contributed by atoms with van der Waals surface area (Å²) >= 11 is 6.79. The van der Waals surface area contributed by atoms with E-state index in [1.54, 1.807) is 16.4 Å². The van der Waals surface area contributed by atoms with Gasteiger partial charge in [-0.1, -0.05) is 74.1 Å². The van der Waals surface area contributed by atoms with Crippen molar-refractivity contribution in [1.29, 1.82) is 5.26 Å². The normalized spacial score (nSPS) is 16.7. The van der Waals surface area contributed by atoms with Gasteiger partial charge in [-0.15, -0.1) is 0 Å². The van der Waals surface area contributed by atoms with Crippen molar-refractivity contribution < 1.29 is 14.7 Å². The Kier molecular flexibility index (Phi) is 11.6. The molecule has 2 aliphatic heterocycles. The number of thioether (sulfide) groups is 1. The molecular formula is C33H40N4O4S2. The zero-order valence-corrected chi connectivity index (χ0v) is 26.6. The van der Waals surface area contributed by atoms with E-state index >= 15 is 0 Å². The third kappa shape index (κ3) is 7.95. The minimum Gasteiger partial charge on any atom is -0.481 e. The highest BCUT2D eigenvalue weighted by atomic mass is 32.2. The van der Waals surface area contributed by atoms with E-state index in [0.717, 1.165) is 56.6 Å². The van der Waals surface area contributed by atoms with E-state index in [4.69, 9.17) is 17.3 Å². The summed E-state index contributed by atoms with van der Waals surface area (Å²) in [5.41, 5.74) is 2.48. The highest BCUT2D eigenvalue weighted by molar-refractivity contribution is 8.26. The lowest BCUT2D eigenvalue weighted by atomic mass is 9.90. The lowest BCUT2D eigenvalue weighted by Gasteiger charge is -2.36. The Morgan fingerprint density at radius 3 is 2.49 bits per heavy atom. The molecule has 0 bridgehead atoms. The van der Waals surface area contributed by atoms with E-state index in [0.29, 0.717) is 53.1 Å². The van der Waals surface area contributed by atoms with E-state index in [9.17, 15) is 19.6 Å². The maximum Gasteiger partial charge on any atom is 0.303 e. The summed E-state index contributed by atoms with van der Waals surface area (Å²) in [5.74, 6) is 0.318. The molecule has 1 N–H and O–H groups in total. The largest absolute Gasteiger partial charge is 0.481 e. The van der Waals surface area contributed by atoms with Crippen molar-refractivity contribution in [2.75, 3.05) is 24.5 Å². The van der Waals surface area contributed by atoms with Gasteiger partial charge in [0.25, 0.3) is 11.5 Å². The number of carboxylic acids is 1. The van der Waals surface area contributed by atoms with Gasteiger partial charge in [-0.3, -0.25) is 23.9 Å². The maximum atomic E-state index is 13.6. The van der Waals surface area contributed by atoms with Crippen molar-refractivity contribution >= 4 is 52.1 Å². The van der Waals surface area contributed by atoms with Gasteiger partial charge in [0.05, 0.1) is 4.91 Å². The van der Waals surface area contributed by atoms with Crippen LogP contribution in [0.3, 0.4) is 0 Å². The van der Waals surface area contributed by atoms with Crippen LogP contribution in [-0.2, 0) is 22.6 Å². The molecule has 0 aliphatic carbocycles. The number of nitrogens with zero attached hydrogens (tertiary/aromatic N) is 4. The molecule has 2 aromatic rings. The molecule has 10 heteroatoms. The summed E-state index contributed by atoms with van der Waals surface area (Å²) < 4.78 is 2.22. The summed E-state index contributed by atoms with van der Waals surface area (Å²) in [6.07, 6.45) is 8.55. The van der Waals surface area contributed by atoms with Crippen molar-refractivity contribution in [3.8, 4) is 6.07 Å². The lowest BCUT2D eigenvalue weighted by Crippen LogP contribution is -2.40. The monoisotopic (exact) mass is 620 g/mol. The number of nitriles is 1. The molecule has 8 nitrogen and oxygen atoms in total. The van der Waals surface area contributed by atoms with Crippen LogP contribution < -0.4 is 10.5 Å². The molecule has 43 heavy (non-hydrogen) atoms. The van der Waals surface area contributed by atoms with Gasteiger partial charge in [0.15, 0.2) is 0 Å². The van der Waals surface area contributed by atoms with E-state index < -0.39 is 5.97 Å². The van der Waals surface area contributed by atoms with Crippen molar-refractivity contribution in [3.05, 3.63) is 67.8 Å². The number of rotatable bonds is 13. The number of hydrogen-bond donors (Lipinski definition) is 1. The second-order valence-electron chi connectivity index (χ2n) is 11.3. The first-order chi connectivity index (χ1) is 20.7. The van der Waals surface area contributed by atoms with Gasteiger partial charge in [0.2, 0.25) is 0 Å². The molecule has 0 spiro atoms. The smallest absolute Gasteiger partial charge is 0.303 e. The average molecular weight is 621 g/mol. The number of unbranched alkanes of at least 4 members (excludes halogenated alkanes) is 3. The van der Waals surface area contributed by atoms with Crippen LogP contribution in [0.1, 0.15) is 80.5 Å². The second-order valence-corrected chi connectivity index (χ2v) is 13.0. The summed E-state index contributed by atoms with van der Waals surface area (Å²) in [6.45, 7) is 6.38. The number of benzene rings is 1. The van der Waals surface area contributed by atoms with Crippen molar-refractivity contribution in [1.82, 2.24) is 9.47 Å². The van der Waals surface area contributed by atoms with Gasteiger partial charge in [0, 0.05) is 38.2 Å². The molecule has 1 aromatic heterocycles. The van der Waals surface area contributed by atoms with Crippen LogP contribution in [0.15, 0.2) is 40.0 Å². The second kappa shape index (κ2) is 15.3. The average Bonchev–Trinajstić information content (AvgIpc) is 3.26. The molecule has 1 amide bonds. The molecule has 1 aromatic carbocycles. The summed E-state index contributed by atoms with van der Waals surface area (Å²) in [4.78, 5) is 42.2. The number of pyridine rings is 1. The van der Waals surface area contributed by atoms with E-state index in [-0.39, 0.29) is 23.5 Å². The molecule has 2 aliphatic rings. The Balaban J connectivity index is 1.64. The number of aromatic nitrogens is 1. The summed E-state index contributed by atoms with van der Waals surface area (Å²) in [7, 11) is 0. The van der Waals surface area contributed by atoms with Crippen molar-refractivity contribution in [2.24, 2.45) is 5.92 Å². The first kappa shape index (κ1) is 32.5. The predicted octanol–water partition coefficient (Wildman–Crippen LogP) is 6.13. The number of carbonyl (C=O) groups is 2. The number of anilines is 1. The number of aliphatic carboxylic acids is 1. The zero-order chi connectivity index (χ0) is 30.9. The highest BCUT2D eigenvalue weighted by Gasteiger charge is 2.33. The van der Waals surface area contributed by atoms with Crippen LogP contribution >= 0.6 is 24.0 Å². The van der Waals surface area contributed by atoms with E-state index in [1.807, 2.05) is 12.1 Å². The first-order valence-electron chi connectivity index (χ1n) is 15.2. The van der Waals surface area contributed by atoms with Gasteiger partial charge in [-0.05, 0) is 68.6 Å². The first-order valence-corrected chi connectivity index (χ1v) is 16.4. The molecular weight excluding hydrogens is 581 g/mol. The van der Waals surface area contributed by atoms with Crippen LogP contribution in [-0.4, -0.2) is 50.4 Å². The predicted molar refractivity (Wildman–Crippen MR) is 176 cm³/mol. The number of amides is 1. The van der Waals surface area contributed by atoms with Crippen molar-refractivity contribution in [3.63, 3.8) is 0 Å². The molecule has 0 unspecified atom stereocenters. The third-order valence-electron chi connectivity index (χ3n) is 8.28. The summed E-state index contributed by atoms with van der Waals surface area (Å²) in [5, 5.41) is 18.9.